The topological polar surface area (TPSA) is 29.5 Å². The highest BCUT2D eigenvalue weighted by Crippen LogP contribution is 2.34. The van der Waals surface area contributed by atoms with Crippen LogP contribution in [0.1, 0.15) is 37.2 Å². The van der Waals surface area contributed by atoms with Gasteiger partial charge < -0.3 is 9.84 Å². The lowest BCUT2D eigenvalue weighted by Gasteiger charge is -2.28. The molecule has 2 aromatic carbocycles. The molecule has 1 aliphatic carbocycles. The molecule has 2 aromatic rings. The first kappa shape index (κ1) is 13.2. The van der Waals surface area contributed by atoms with Crippen LogP contribution in [-0.2, 0) is 0 Å². The molecule has 2 atom stereocenters. The van der Waals surface area contributed by atoms with E-state index in [4.69, 9.17) is 4.74 Å². The van der Waals surface area contributed by atoms with Gasteiger partial charge >= 0.3 is 0 Å². The molecular formula is C18H20O2. The molecule has 0 radical (unpaired) electrons. The average molecular weight is 268 g/mol. The Balaban J connectivity index is 1.71. The zero-order valence-corrected chi connectivity index (χ0v) is 11.5. The fraction of sp³-hybridized carbons (Fsp3) is 0.333. The Hall–Kier alpha value is -1.80. The fourth-order valence-corrected chi connectivity index (χ4v) is 2.91. The summed E-state index contributed by atoms with van der Waals surface area (Å²) in [7, 11) is 0. The van der Waals surface area contributed by atoms with Crippen LogP contribution in [0.25, 0.3) is 0 Å². The van der Waals surface area contributed by atoms with Gasteiger partial charge in [-0.1, -0.05) is 43.2 Å². The van der Waals surface area contributed by atoms with Crippen molar-refractivity contribution in [3.8, 4) is 11.5 Å². The summed E-state index contributed by atoms with van der Waals surface area (Å²) in [5.41, 5.74) is 1.22. The molecule has 104 valence electrons. The quantitative estimate of drug-likeness (QED) is 0.888. The lowest BCUT2D eigenvalue weighted by molar-refractivity contribution is 0.106. The Labute approximate surface area is 120 Å². The highest BCUT2D eigenvalue weighted by molar-refractivity contribution is 5.34. The molecule has 1 fully saturated rings. The molecule has 0 heterocycles. The maximum atomic E-state index is 10.1. The first-order chi connectivity index (χ1) is 9.83. The number of ether oxygens (including phenoxy) is 1. The predicted octanol–water partition coefficient (Wildman–Crippen LogP) is 4.50. The number of aliphatic hydroxyl groups is 1. The Morgan fingerprint density at radius 3 is 2.15 bits per heavy atom. The van der Waals surface area contributed by atoms with Gasteiger partial charge in [-0.15, -0.1) is 0 Å². The normalized spacial score (nSPS) is 22.4. The Kier molecular flexibility index (Phi) is 4.03. The minimum absolute atomic E-state index is 0.190. The fourth-order valence-electron chi connectivity index (χ4n) is 2.91. The molecule has 0 aliphatic heterocycles. The van der Waals surface area contributed by atoms with Crippen molar-refractivity contribution in [2.75, 3.05) is 0 Å². The molecule has 0 spiro atoms. The third-order valence-electron chi connectivity index (χ3n) is 4.02. The van der Waals surface area contributed by atoms with E-state index in [1.807, 2.05) is 42.5 Å². The molecule has 0 unspecified atom stereocenters. The second kappa shape index (κ2) is 6.10. The molecule has 3 rings (SSSR count). The van der Waals surface area contributed by atoms with Gasteiger partial charge in [0.2, 0.25) is 0 Å². The molecule has 0 aromatic heterocycles. The van der Waals surface area contributed by atoms with Crippen molar-refractivity contribution < 1.29 is 9.84 Å². The molecule has 1 N–H and O–H groups in total. The standard InChI is InChI=1S/C18H20O2/c19-18-9-5-4-8-17(18)14-10-12-16(13-11-14)20-15-6-2-1-3-7-15/h1-3,6-7,10-13,17-19H,4-5,8-9H2/t17-,18+/m0/s1. The Morgan fingerprint density at radius 1 is 0.800 bits per heavy atom. The van der Waals surface area contributed by atoms with Gasteiger partial charge in [0.05, 0.1) is 6.10 Å². The van der Waals surface area contributed by atoms with Gasteiger partial charge in [-0.25, -0.2) is 0 Å². The van der Waals surface area contributed by atoms with Crippen LogP contribution in [0.2, 0.25) is 0 Å². The predicted molar refractivity (Wildman–Crippen MR) is 80.2 cm³/mol. The number of para-hydroxylation sites is 1. The van der Waals surface area contributed by atoms with Crippen molar-refractivity contribution in [2.45, 2.75) is 37.7 Å². The molecular weight excluding hydrogens is 248 g/mol. The summed E-state index contributed by atoms with van der Waals surface area (Å²) in [5.74, 6) is 1.97. The smallest absolute Gasteiger partial charge is 0.127 e. The van der Waals surface area contributed by atoms with E-state index in [0.717, 1.165) is 30.8 Å². The van der Waals surface area contributed by atoms with Crippen LogP contribution in [0.5, 0.6) is 11.5 Å². The number of aliphatic hydroxyl groups excluding tert-OH is 1. The molecule has 0 bridgehead atoms. The number of rotatable bonds is 3. The largest absolute Gasteiger partial charge is 0.457 e. The zero-order valence-electron chi connectivity index (χ0n) is 11.5. The van der Waals surface area contributed by atoms with Gasteiger partial charge in [0.1, 0.15) is 11.5 Å². The van der Waals surface area contributed by atoms with E-state index >= 15 is 0 Å². The summed E-state index contributed by atoms with van der Waals surface area (Å²) in [4.78, 5) is 0. The molecule has 1 aliphatic rings. The van der Waals surface area contributed by atoms with Crippen LogP contribution >= 0.6 is 0 Å². The van der Waals surface area contributed by atoms with Crippen LogP contribution in [0, 0.1) is 0 Å². The van der Waals surface area contributed by atoms with E-state index in [1.165, 1.54) is 12.0 Å². The second-order valence-electron chi connectivity index (χ2n) is 5.44. The summed E-state index contributed by atoms with van der Waals surface area (Å²) in [6.07, 6.45) is 4.17. The highest BCUT2D eigenvalue weighted by Gasteiger charge is 2.24. The van der Waals surface area contributed by atoms with Gasteiger partial charge in [-0.05, 0) is 42.7 Å². The van der Waals surface area contributed by atoms with Crippen molar-refractivity contribution >= 4 is 0 Å². The van der Waals surface area contributed by atoms with E-state index in [2.05, 4.69) is 12.1 Å². The lowest BCUT2D eigenvalue weighted by Crippen LogP contribution is -2.22. The monoisotopic (exact) mass is 268 g/mol. The minimum Gasteiger partial charge on any atom is -0.457 e. The summed E-state index contributed by atoms with van der Waals surface area (Å²) in [5, 5.41) is 10.1. The molecule has 0 amide bonds. The van der Waals surface area contributed by atoms with E-state index in [1.54, 1.807) is 0 Å². The van der Waals surface area contributed by atoms with Gasteiger partial charge in [0.15, 0.2) is 0 Å². The van der Waals surface area contributed by atoms with Crippen LogP contribution in [0.3, 0.4) is 0 Å². The van der Waals surface area contributed by atoms with Gasteiger partial charge in [0.25, 0.3) is 0 Å². The van der Waals surface area contributed by atoms with E-state index in [9.17, 15) is 5.11 Å². The van der Waals surface area contributed by atoms with E-state index in [-0.39, 0.29) is 12.0 Å². The Morgan fingerprint density at radius 2 is 1.45 bits per heavy atom. The van der Waals surface area contributed by atoms with Crippen LogP contribution in [-0.4, -0.2) is 11.2 Å². The number of hydrogen-bond acceptors (Lipinski definition) is 2. The zero-order chi connectivity index (χ0) is 13.8. The molecule has 1 saturated carbocycles. The van der Waals surface area contributed by atoms with Crippen LogP contribution < -0.4 is 4.74 Å². The van der Waals surface area contributed by atoms with E-state index in [0.29, 0.717) is 0 Å². The van der Waals surface area contributed by atoms with Gasteiger partial charge in [-0.3, -0.25) is 0 Å². The van der Waals surface area contributed by atoms with Gasteiger partial charge in [0, 0.05) is 5.92 Å². The van der Waals surface area contributed by atoms with Gasteiger partial charge in [-0.2, -0.15) is 0 Å². The number of hydrogen-bond donors (Lipinski definition) is 1. The molecule has 2 heteroatoms. The highest BCUT2D eigenvalue weighted by atomic mass is 16.5. The summed E-state index contributed by atoms with van der Waals surface area (Å²) < 4.78 is 5.79. The van der Waals surface area contributed by atoms with E-state index < -0.39 is 0 Å². The van der Waals surface area contributed by atoms with Crippen molar-refractivity contribution in [1.29, 1.82) is 0 Å². The summed E-state index contributed by atoms with van der Waals surface area (Å²) in [6, 6.07) is 17.9. The first-order valence-electron chi connectivity index (χ1n) is 7.34. The number of benzene rings is 2. The summed E-state index contributed by atoms with van der Waals surface area (Å²) in [6.45, 7) is 0. The van der Waals surface area contributed by atoms with Crippen molar-refractivity contribution in [3.05, 3.63) is 60.2 Å². The third-order valence-corrected chi connectivity index (χ3v) is 4.02. The van der Waals surface area contributed by atoms with Crippen molar-refractivity contribution in [3.63, 3.8) is 0 Å². The summed E-state index contributed by atoms with van der Waals surface area (Å²) >= 11 is 0. The first-order valence-corrected chi connectivity index (χ1v) is 7.34. The lowest BCUT2D eigenvalue weighted by atomic mass is 9.82. The van der Waals surface area contributed by atoms with Crippen molar-refractivity contribution in [1.82, 2.24) is 0 Å². The molecule has 0 saturated heterocycles. The average Bonchev–Trinajstić information content (AvgIpc) is 2.50. The molecule has 2 nitrogen and oxygen atoms in total. The molecule has 20 heavy (non-hydrogen) atoms. The second-order valence-corrected chi connectivity index (χ2v) is 5.44. The third kappa shape index (κ3) is 3.02. The maximum absolute atomic E-state index is 10.1. The van der Waals surface area contributed by atoms with Crippen LogP contribution in [0.15, 0.2) is 54.6 Å². The maximum Gasteiger partial charge on any atom is 0.127 e. The van der Waals surface area contributed by atoms with Crippen LogP contribution in [0.4, 0.5) is 0 Å². The Bertz CT molecular complexity index is 533. The SMILES string of the molecule is O[C@@H]1CCCC[C@H]1c1ccc(Oc2ccccc2)cc1. The minimum atomic E-state index is -0.190. The van der Waals surface area contributed by atoms with Crippen molar-refractivity contribution in [2.24, 2.45) is 0 Å².